The van der Waals surface area contributed by atoms with Crippen LogP contribution < -0.4 is 9.62 Å². The molecular formula is C17H17ClN2O3S. The van der Waals surface area contributed by atoms with E-state index in [0.717, 1.165) is 5.56 Å². The van der Waals surface area contributed by atoms with Gasteiger partial charge >= 0.3 is 0 Å². The van der Waals surface area contributed by atoms with Gasteiger partial charge in [-0.2, -0.15) is 0 Å². The average molecular weight is 365 g/mol. The van der Waals surface area contributed by atoms with E-state index < -0.39 is 10.0 Å². The zero-order valence-corrected chi connectivity index (χ0v) is 14.9. The highest BCUT2D eigenvalue weighted by molar-refractivity contribution is 7.92. The highest BCUT2D eigenvalue weighted by Gasteiger charge is 2.36. The molecule has 7 heteroatoms. The number of amides is 1. The number of carbonyl (C=O) groups is 1. The number of carbonyl (C=O) groups excluding carboxylic acids is 1. The fourth-order valence-electron chi connectivity index (χ4n) is 2.97. The second-order valence-corrected chi connectivity index (χ2v) is 7.98. The molecule has 2 aromatic carbocycles. The van der Waals surface area contributed by atoms with Crippen LogP contribution in [0.2, 0.25) is 5.02 Å². The summed E-state index contributed by atoms with van der Waals surface area (Å²) >= 11 is 5.85. The molecule has 0 saturated carbocycles. The molecule has 1 heterocycles. The van der Waals surface area contributed by atoms with E-state index in [1.165, 1.54) is 16.4 Å². The minimum Gasteiger partial charge on any atom is -0.355 e. The molecule has 0 saturated heterocycles. The largest absolute Gasteiger partial charge is 0.355 e. The standard InChI is InChI=1S/C17H17ClN2O3S/c1-11-9-13-10-12(17(21)19-2)3-8-16(13)20(11)24(22,23)15-6-4-14(18)5-7-15/h3-8,10-11H,9H2,1-2H3,(H,19,21)/t11-/m0/s1. The van der Waals surface area contributed by atoms with Crippen molar-refractivity contribution in [2.24, 2.45) is 0 Å². The van der Waals surface area contributed by atoms with Gasteiger partial charge < -0.3 is 5.32 Å². The van der Waals surface area contributed by atoms with Crippen molar-refractivity contribution in [3.63, 3.8) is 0 Å². The van der Waals surface area contributed by atoms with Crippen LogP contribution in [0, 0.1) is 0 Å². The van der Waals surface area contributed by atoms with Gasteiger partial charge in [0, 0.05) is 23.7 Å². The van der Waals surface area contributed by atoms with Gasteiger partial charge in [-0.3, -0.25) is 9.10 Å². The van der Waals surface area contributed by atoms with Gasteiger partial charge in [0.2, 0.25) is 0 Å². The molecule has 24 heavy (non-hydrogen) atoms. The topological polar surface area (TPSA) is 66.5 Å². The maximum absolute atomic E-state index is 13.0. The van der Waals surface area contributed by atoms with Gasteiger partial charge in [-0.25, -0.2) is 8.42 Å². The first-order valence-electron chi connectivity index (χ1n) is 7.49. The molecule has 0 aromatic heterocycles. The summed E-state index contributed by atoms with van der Waals surface area (Å²) < 4.78 is 27.4. The van der Waals surface area contributed by atoms with Crippen LogP contribution in [0.3, 0.4) is 0 Å². The zero-order chi connectivity index (χ0) is 17.5. The van der Waals surface area contributed by atoms with Gasteiger partial charge in [0.05, 0.1) is 10.6 Å². The SMILES string of the molecule is CNC(=O)c1ccc2c(c1)C[C@H](C)N2S(=O)(=O)c1ccc(Cl)cc1. The molecule has 1 aliphatic rings. The molecule has 0 aliphatic carbocycles. The van der Waals surface area contributed by atoms with Crippen LogP contribution in [0.1, 0.15) is 22.8 Å². The Kier molecular flexibility index (Phi) is 4.27. The quantitative estimate of drug-likeness (QED) is 0.910. The number of hydrogen-bond acceptors (Lipinski definition) is 3. The fraction of sp³-hybridized carbons (Fsp3) is 0.235. The summed E-state index contributed by atoms with van der Waals surface area (Å²) in [5.74, 6) is -0.190. The molecule has 1 aliphatic heterocycles. The van der Waals surface area contributed by atoms with Crippen molar-refractivity contribution in [1.29, 1.82) is 0 Å². The molecule has 0 unspecified atom stereocenters. The van der Waals surface area contributed by atoms with E-state index in [4.69, 9.17) is 11.6 Å². The molecule has 1 N–H and O–H groups in total. The van der Waals surface area contributed by atoms with Crippen molar-refractivity contribution >= 4 is 33.2 Å². The van der Waals surface area contributed by atoms with Gasteiger partial charge in [-0.1, -0.05) is 11.6 Å². The summed E-state index contributed by atoms with van der Waals surface area (Å²) in [4.78, 5) is 12.0. The van der Waals surface area contributed by atoms with Crippen LogP contribution in [0.5, 0.6) is 0 Å². The number of anilines is 1. The summed E-state index contributed by atoms with van der Waals surface area (Å²) in [6.45, 7) is 1.85. The maximum Gasteiger partial charge on any atom is 0.264 e. The molecule has 2 aromatic rings. The molecule has 3 rings (SSSR count). The summed E-state index contributed by atoms with van der Waals surface area (Å²) in [5.41, 5.74) is 1.99. The van der Waals surface area contributed by atoms with Crippen molar-refractivity contribution in [3.05, 3.63) is 58.6 Å². The predicted molar refractivity (Wildman–Crippen MR) is 94.1 cm³/mol. The lowest BCUT2D eigenvalue weighted by Gasteiger charge is -2.24. The lowest BCUT2D eigenvalue weighted by Crippen LogP contribution is -2.35. The zero-order valence-electron chi connectivity index (χ0n) is 13.3. The molecule has 0 fully saturated rings. The van der Waals surface area contributed by atoms with Gasteiger partial charge in [-0.05, 0) is 61.4 Å². The number of benzene rings is 2. The van der Waals surface area contributed by atoms with E-state index in [2.05, 4.69) is 5.32 Å². The summed E-state index contributed by atoms with van der Waals surface area (Å²) in [7, 11) is -2.12. The van der Waals surface area contributed by atoms with E-state index >= 15 is 0 Å². The first-order valence-corrected chi connectivity index (χ1v) is 9.31. The lowest BCUT2D eigenvalue weighted by molar-refractivity contribution is 0.0963. The molecule has 0 spiro atoms. The number of fused-ring (bicyclic) bond motifs is 1. The van der Waals surface area contributed by atoms with Crippen molar-refractivity contribution in [2.45, 2.75) is 24.3 Å². The number of rotatable bonds is 3. The second kappa shape index (κ2) is 6.11. The van der Waals surface area contributed by atoms with Crippen LogP contribution >= 0.6 is 11.6 Å². The van der Waals surface area contributed by atoms with Crippen molar-refractivity contribution in [1.82, 2.24) is 5.32 Å². The first-order chi connectivity index (χ1) is 11.3. The summed E-state index contributed by atoms with van der Waals surface area (Å²) in [6, 6.07) is 11.0. The van der Waals surface area contributed by atoms with Crippen molar-refractivity contribution in [3.8, 4) is 0 Å². The fourth-order valence-corrected chi connectivity index (χ4v) is 4.79. The third-order valence-electron chi connectivity index (χ3n) is 4.09. The maximum atomic E-state index is 13.0. The van der Waals surface area contributed by atoms with Crippen LogP contribution in [-0.2, 0) is 16.4 Å². The minimum atomic E-state index is -3.68. The van der Waals surface area contributed by atoms with E-state index in [-0.39, 0.29) is 16.8 Å². The van der Waals surface area contributed by atoms with Crippen LogP contribution in [0.25, 0.3) is 0 Å². The Morgan fingerprint density at radius 2 is 1.88 bits per heavy atom. The van der Waals surface area contributed by atoms with E-state index in [0.29, 0.717) is 22.7 Å². The Morgan fingerprint density at radius 1 is 1.21 bits per heavy atom. The van der Waals surface area contributed by atoms with Crippen LogP contribution in [0.4, 0.5) is 5.69 Å². The van der Waals surface area contributed by atoms with Gasteiger partial charge in [0.1, 0.15) is 0 Å². The van der Waals surface area contributed by atoms with Gasteiger partial charge in [0.15, 0.2) is 0 Å². The van der Waals surface area contributed by atoms with Crippen molar-refractivity contribution in [2.75, 3.05) is 11.4 Å². The summed E-state index contributed by atoms with van der Waals surface area (Å²) in [6.07, 6.45) is 0.562. The Hall–Kier alpha value is -2.05. The third kappa shape index (κ3) is 2.76. The normalized spacial score (nSPS) is 16.8. The molecule has 0 bridgehead atoms. The average Bonchev–Trinajstić information content (AvgIpc) is 2.89. The monoisotopic (exact) mass is 364 g/mol. The van der Waals surface area contributed by atoms with Crippen LogP contribution in [-0.4, -0.2) is 27.4 Å². The highest BCUT2D eigenvalue weighted by Crippen LogP contribution is 2.37. The number of nitrogens with zero attached hydrogens (tertiary/aromatic N) is 1. The first kappa shape index (κ1) is 16.8. The molecule has 1 amide bonds. The predicted octanol–water partition coefficient (Wildman–Crippen LogP) is 2.84. The Balaban J connectivity index is 2.05. The summed E-state index contributed by atoms with van der Waals surface area (Å²) in [5, 5.41) is 3.06. The lowest BCUT2D eigenvalue weighted by atomic mass is 10.1. The molecule has 126 valence electrons. The van der Waals surface area contributed by atoms with Crippen molar-refractivity contribution < 1.29 is 13.2 Å². The van der Waals surface area contributed by atoms with E-state index in [9.17, 15) is 13.2 Å². The number of halogens is 1. The van der Waals surface area contributed by atoms with E-state index in [1.54, 1.807) is 37.4 Å². The van der Waals surface area contributed by atoms with E-state index in [1.807, 2.05) is 6.92 Å². The molecular weight excluding hydrogens is 348 g/mol. The third-order valence-corrected chi connectivity index (χ3v) is 6.29. The minimum absolute atomic E-state index is 0.190. The molecule has 5 nitrogen and oxygen atoms in total. The second-order valence-electron chi connectivity index (χ2n) is 5.73. The Labute approximate surface area is 146 Å². The molecule has 1 atom stereocenters. The smallest absolute Gasteiger partial charge is 0.264 e. The number of hydrogen-bond donors (Lipinski definition) is 1. The Morgan fingerprint density at radius 3 is 2.50 bits per heavy atom. The highest BCUT2D eigenvalue weighted by atomic mass is 35.5. The number of nitrogens with one attached hydrogen (secondary N) is 1. The van der Waals surface area contributed by atoms with Gasteiger partial charge in [0.25, 0.3) is 15.9 Å². The Bertz CT molecular complexity index is 895. The molecule has 0 radical (unpaired) electrons. The van der Waals surface area contributed by atoms with Crippen LogP contribution in [0.15, 0.2) is 47.4 Å². The number of sulfonamides is 1. The van der Waals surface area contributed by atoms with Gasteiger partial charge in [-0.15, -0.1) is 0 Å².